The highest BCUT2D eigenvalue weighted by atomic mass is 19.1. The van der Waals surface area contributed by atoms with Crippen LogP contribution in [0.2, 0.25) is 0 Å². The van der Waals surface area contributed by atoms with Crippen LogP contribution >= 0.6 is 0 Å². The molecule has 1 amide bonds. The molecule has 0 spiro atoms. The number of fused-ring (bicyclic) bond motifs is 1. The first kappa shape index (κ1) is 27.8. The Labute approximate surface area is 236 Å². The third-order valence-corrected chi connectivity index (χ3v) is 7.23. The molecular weight excluding hydrogens is 530 g/mol. The lowest BCUT2D eigenvalue weighted by Gasteiger charge is -2.31. The summed E-state index contributed by atoms with van der Waals surface area (Å²) in [4.78, 5) is 22.5. The Balaban J connectivity index is 1.48. The summed E-state index contributed by atoms with van der Waals surface area (Å²) in [5.74, 6) is 0.712. The van der Waals surface area contributed by atoms with Gasteiger partial charge < -0.3 is 24.4 Å². The lowest BCUT2D eigenvalue weighted by Crippen LogP contribution is -2.41. The monoisotopic (exact) mass is 560 g/mol. The molecule has 41 heavy (non-hydrogen) atoms. The Morgan fingerprint density at radius 3 is 2.49 bits per heavy atom. The van der Waals surface area contributed by atoms with Crippen LogP contribution in [0, 0.1) is 18.6 Å². The number of amides is 1. The van der Waals surface area contributed by atoms with Gasteiger partial charge in [0.05, 0.1) is 25.4 Å². The number of aromatic nitrogens is 2. The number of hydrogen-bond donors (Lipinski definition) is 1. The second-order valence-corrected chi connectivity index (χ2v) is 9.66. The number of likely N-dealkylation sites (tertiary alicyclic amines) is 1. The van der Waals surface area contributed by atoms with Gasteiger partial charge in [-0.2, -0.15) is 0 Å². The Kier molecular flexibility index (Phi) is 8.00. The van der Waals surface area contributed by atoms with Crippen LogP contribution in [0.15, 0.2) is 61.4 Å². The van der Waals surface area contributed by atoms with Gasteiger partial charge in [-0.25, -0.2) is 18.7 Å². The van der Waals surface area contributed by atoms with Crippen molar-refractivity contribution in [2.75, 3.05) is 32.6 Å². The number of carbonyl (C=O) groups is 1. The van der Waals surface area contributed by atoms with Crippen LogP contribution in [0.3, 0.4) is 0 Å². The van der Waals surface area contributed by atoms with E-state index in [2.05, 4.69) is 21.9 Å². The highest BCUT2D eigenvalue weighted by Crippen LogP contribution is 2.39. The number of nitrogens with zero attached hydrogens (tertiary/aromatic N) is 3. The molecule has 4 aromatic rings. The molecule has 3 aromatic carbocycles. The van der Waals surface area contributed by atoms with Crippen molar-refractivity contribution in [2.24, 2.45) is 0 Å². The molecule has 0 radical (unpaired) electrons. The maximum absolute atomic E-state index is 14.9. The van der Waals surface area contributed by atoms with Crippen molar-refractivity contribution < 1.29 is 27.8 Å². The van der Waals surface area contributed by atoms with Crippen molar-refractivity contribution >= 4 is 28.3 Å². The molecule has 0 unspecified atom stereocenters. The number of anilines is 2. The van der Waals surface area contributed by atoms with E-state index >= 15 is 0 Å². The van der Waals surface area contributed by atoms with Gasteiger partial charge in [0.1, 0.15) is 35.6 Å². The van der Waals surface area contributed by atoms with Crippen molar-refractivity contribution in [3.63, 3.8) is 0 Å². The summed E-state index contributed by atoms with van der Waals surface area (Å²) in [6, 6.07) is 11.4. The summed E-state index contributed by atoms with van der Waals surface area (Å²) in [7, 11) is 3.10. The molecule has 8 nitrogen and oxygen atoms in total. The zero-order chi connectivity index (χ0) is 29.1. The van der Waals surface area contributed by atoms with Gasteiger partial charge in [-0.1, -0.05) is 12.6 Å². The van der Waals surface area contributed by atoms with Crippen LogP contribution in [0.4, 0.5) is 20.3 Å². The average molecular weight is 561 g/mol. The van der Waals surface area contributed by atoms with Crippen LogP contribution in [-0.4, -0.2) is 54.2 Å². The minimum atomic E-state index is -0.623. The first-order chi connectivity index (χ1) is 19.8. The molecule has 1 fully saturated rings. The first-order valence-electron chi connectivity index (χ1n) is 13.1. The number of hydrogen-bond acceptors (Lipinski definition) is 7. The van der Waals surface area contributed by atoms with E-state index in [1.54, 1.807) is 36.3 Å². The van der Waals surface area contributed by atoms with Gasteiger partial charge in [0.15, 0.2) is 11.5 Å². The van der Waals surface area contributed by atoms with E-state index in [9.17, 15) is 13.6 Å². The van der Waals surface area contributed by atoms with Gasteiger partial charge in [0, 0.05) is 48.5 Å². The summed E-state index contributed by atoms with van der Waals surface area (Å²) in [5, 5.41) is 3.96. The van der Waals surface area contributed by atoms with Crippen LogP contribution in [-0.2, 0) is 4.79 Å². The van der Waals surface area contributed by atoms with Crippen molar-refractivity contribution in [3.8, 4) is 28.4 Å². The molecule has 0 bridgehead atoms. The summed E-state index contributed by atoms with van der Waals surface area (Å²) in [6.45, 7) is 6.11. The standard InChI is InChI=1S/C31H30F2N4O4/c1-5-29(38)37-12-10-20(11-13-37)41-28-15-22-24(16-27(28)40-4)34-17-35-31(22)36-25-14-19(6-9-26(25)39-3)21-7-8-23(32)18(2)30(21)33/h5-9,14-17,20H,1,10-13H2,2-4H3,(H,34,35,36). The fraction of sp³-hybridized carbons (Fsp3) is 0.258. The van der Waals surface area contributed by atoms with Crippen LogP contribution in [0.5, 0.6) is 17.2 Å². The second kappa shape index (κ2) is 11.8. The zero-order valence-electron chi connectivity index (χ0n) is 23.0. The second-order valence-electron chi connectivity index (χ2n) is 9.66. The Morgan fingerprint density at radius 2 is 1.78 bits per heavy atom. The molecule has 1 N–H and O–H groups in total. The van der Waals surface area contributed by atoms with E-state index in [1.807, 2.05) is 6.07 Å². The molecule has 10 heteroatoms. The number of nitrogens with one attached hydrogen (secondary N) is 1. The summed E-state index contributed by atoms with van der Waals surface area (Å²) in [6.07, 6.45) is 3.98. The van der Waals surface area contributed by atoms with E-state index in [-0.39, 0.29) is 23.1 Å². The fourth-order valence-electron chi connectivity index (χ4n) is 4.90. The normalized spacial score (nSPS) is 13.6. The number of methoxy groups -OCH3 is 2. The van der Waals surface area contributed by atoms with E-state index in [4.69, 9.17) is 14.2 Å². The number of piperidine rings is 1. The predicted molar refractivity (Wildman–Crippen MR) is 153 cm³/mol. The maximum atomic E-state index is 14.9. The van der Waals surface area contributed by atoms with E-state index in [0.717, 1.165) is 0 Å². The molecule has 2 heterocycles. The summed E-state index contributed by atoms with van der Waals surface area (Å²) >= 11 is 0. The number of benzene rings is 3. The highest BCUT2D eigenvalue weighted by Gasteiger charge is 2.24. The van der Waals surface area contributed by atoms with Gasteiger partial charge in [0.2, 0.25) is 5.91 Å². The SMILES string of the molecule is C=CC(=O)N1CCC(Oc2cc3c(Nc4cc(-c5ccc(F)c(C)c5F)ccc4OC)ncnc3cc2OC)CC1. The Morgan fingerprint density at radius 1 is 1.02 bits per heavy atom. The zero-order valence-corrected chi connectivity index (χ0v) is 23.0. The van der Waals surface area contributed by atoms with Crippen molar-refractivity contribution in [3.05, 3.63) is 78.6 Å². The Bertz CT molecular complexity index is 1620. The first-order valence-corrected chi connectivity index (χ1v) is 13.1. The molecule has 0 atom stereocenters. The van der Waals surface area contributed by atoms with Crippen LogP contribution < -0.4 is 19.5 Å². The fourth-order valence-corrected chi connectivity index (χ4v) is 4.90. The molecule has 0 aliphatic carbocycles. The number of halogens is 2. The minimum absolute atomic E-state index is 0.0472. The lowest BCUT2D eigenvalue weighted by molar-refractivity contribution is -0.127. The molecule has 1 aliphatic heterocycles. The molecular formula is C31H30F2N4O4. The minimum Gasteiger partial charge on any atom is -0.495 e. The topological polar surface area (TPSA) is 85.8 Å². The van der Waals surface area contributed by atoms with Gasteiger partial charge in [0.25, 0.3) is 0 Å². The predicted octanol–water partition coefficient (Wildman–Crippen LogP) is 6.20. The van der Waals surface area contributed by atoms with Gasteiger partial charge in [-0.3, -0.25) is 4.79 Å². The number of carbonyl (C=O) groups excluding carboxylic acids is 1. The van der Waals surface area contributed by atoms with Crippen LogP contribution in [0.25, 0.3) is 22.0 Å². The molecule has 0 saturated carbocycles. The van der Waals surface area contributed by atoms with E-state index < -0.39 is 11.6 Å². The van der Waals surface area contributed by atoms with E-state index in [0.29, 0.717) is 71.2 Å². The van der Waals surface area contributed by atoms with E-state index in [1.165, 1.54) is 38.6 Å². The maximum Gasteiger partial charge on any atom is 0.245 e. The third-order valence-electron chi connectivity index (χ3n) is 7.23. The van der Waals surface area contributed by atoms with Gasteiger partial charge >= 0.3 is 0 Å². The Hall–Kier alpha value is -4.73. The third kappa shape index (κ3) is 5.63. The van der Waals surface area contributed by atoms with Gasteiger partial charge in [-0.05, 0) is 48.9 Å². The summed E-state index contributed by atoms with van der Waals surface area (Å²) < 4.78 is 46.3. The molecule has 1 aliphatic rings. The summed E-state index contributed by atoms with van der Waals surface area (Å²) in [5.41, 5.74) is 1.91. The van der Waals surface area contributed by atoms with Crippen molar-refractivity contribution in [1.82, 2.24) is 14.9 Å². The molecule has 212 valence electrons. The molecule has 1 saturated heterocycles. The smallest absolute Gasteiger partial charge is 0.245 e. The molecule has 5 rings (SSSR count). The highest BCUT2D eigenvalue weighted by molar-refractivity contribution is 5.94. The largest absolute Gasteiger partial charge is 0.495 e. The quantitative estimate of drug-likeness (QED) is 0.257. The molecule has 1 aromatic heterocycles. The van der Waals surface area contributed by atoms with Crippen molar-refractivity contribution in [2.45, 2.75) is 25.9 Å². The van der Waals surface area contributed by atoms with Crippen LogP contribution in [0.1, 0.15) is 18.4 Å². The van der Waals surface area contributed by atoms with Crippen molar-refractivity contribution in [1.29, 1.82) is 0 Å². The number of rotatable bonds is 8. The lowest BCUT2D eigenvalue weighted by atomic mass is 10.0. The number of ether oxygens (including phenoxy) is 3. The average Bonchev–Trinajstić information content (AvgIpc) is 3.00. The van der Waals surface area contributed by atoms with Gasteiger partial charge in [-0.15, -0.1) is 0 Å².